The molecule has 0 fully saturated rings. The molecular formula is C12H22N2O. The van der Waals surface area contributed by atoms with E-state index in [-0.39, 0.29) is 6.10 Å². The minimum absolute atomic E-state index is 0.331. The molecule has 0 saturated carbocycles. The molecule has 3 heteroatoms. The van der Waals surface area contributed by atoms with Crippen LogP contribution in [0.15, 0.2) is 12.4 Å². The Hall–Kier alpha value is -0.830. The van der Waals surface area contributed by atoms with Gasteiger partial charge < -0.3 is 5.11 Å². The van der Waals surface area contributed by atoms with Crippen molar-refractivity contribution >= 4 is 0 Å². The van der Waals surface area contributed by atoms with Gasteiger partial charge >= 0.3 is 0 Å². The highest BCUT2D eigenvalue weighted by Crippen LogP contribution is 2.19. The van der Waals surface area contributed by atoms with Crippen molar-refractivity contribution in [2.75, 3.05) is 0 Å². The van der Waals surface area contributed by atoms with E-state index in [0.29, 0.717) is 0 Å². The van der Waals surface area contributed by atoms with Crippen LogP contribution in [0.25, 0.3) is 0 Å². The molecule has 1 rings (SSSR count). The van der Waals surface area contributed by atoms with Crippen LogP contribution in [0, 0.1) is 0 Å². The van der Waals surface area contributed by atoms with Gasteiger partial charge in [0, 0.05) is 18.3 Å². The molecule has 0 aliphatic rings. The quantitative estimate of drug-likeness (QED) is 0.703. The highest BCUT2D eigenvalue weighted by Gasteiger charge is 2.08. The number of nitrogens with zero attached hydrogens (tertiary/aromatic N) is 2. The topological polar surface area (TPSA) is 38.1 Å². The van der Waals surface area contributed by atoms with Crippen molar-refractivity contribution < 1.29 is 5.11 Å². The number of hydrogen-bond acceptors (Lipinski definition) is 2. The first kappa shape index (κ1) is 12.2. The second-order valence-electron chi connectivity index (χ2n) is 3.99. The predicted octanol–water partition coefficient (Wildman–Crippen LogP) is 2.91. The molecule has 0 aromatic carbocycles. The first-order valence-electron chi connectivity index (χ1n) is 5.98. The second kappa shape index (κ2) is 6.62. The summed E-state index contributed by atoms with van der Waals surface area (Å²) in [5.74, 6) is 0. The van der Waals surface area contributed by atoms with Gasteiger partial charge in [-0.1, -0.05) is 32.6 Å². The van der Waals surface area contributed by atoms with Crippen molar-refractivity contribution in [3.63, 3.8) is 0 Å². The van der Waals surface area contributed by atoms with Gasteiger partial charge in [0.25, 0.3) is 0 Å². The molecule has 1 aromatic rings. The summed E-state index contributed by atoms with van der Waals surface area (Å²) in [6.45, 7) is 5.11. The van der Waals surface area contributed by atoms with Crippen LogP contribution in [-0.4, -0.2) is 14.9 Å². The van der Waals surface area contributed by atoms with Crippen molar-refractivity contribution in [3.8, 4) is 0 Å². The highest BCUT2D eigenvalue weighted by molar-refractivity contribution is 5.07. The van der Waals surface area contributed by atoms with E-state index in [4.69, 9.17) is 0 Å². The zero-order valence-electron chi connectivity index (χ0n) is 9.82. The van der Waals surface area contributed by atoms with Crippen LogP contribution in [0.3, 0.4) is 0 Å². The van der Waals surface area contributed by atoms with Gasteiger partial charge in [-0.3, -0.25) is 4.68 Å². The first-order chi connectivity index (χ1) is 7.27. The maximum Gasteiger partial charge on any atom is 0.0820 e. The fourth-order valence-electron chi connectivity index (χ4n) is 1.66. The van der Waals surface area contributed by atoms with Gasteiger partial charge in [0.05, 0.1) is 12.3 Å². The molecule has 15 heavy (non-hydrogen) atoms. The Morgan fingerprint density at radius 1 is 1.33 bits per heavy atom. The number of hydrogen-bond donors (Lipinski definition) is 1. The maximum atomic E-state index is 9.88. The first-order valence-corrected chi connectivity index (χ1v) is 5.98. The molecule has 1 atom stereocenters. The smallest absolute Gasteiger partial charge is 0.0820 e. The summed E-state index contributed by atoms with van der Waals surface area (Å²) >= 11 is 0. The number of aliphatic hydroxyl groups is 1. The van der Waals surface area contributed by atoms with E-state index >= 15 is 0 Å². The lowest BCUT2D eigenvalue weighted by molar-refractivity contribution is 0.163. The maximum absolute atomic E-state index is 9.88. The minimum atomic E-state index is -0.331. The number of aromatic nitrogens is 2. The summed E-state index contributed by atoms with van der Waals surface area (Å²) < 4.78 is 1.85. The summed E-state index contributed by atoms with van der Waals surface area (Å²) in [5.41, 5.74) is 0.952. The standard InChI is InChI=1S/C12H22N2O/c1-3-5-6-7-8-12(15)11-9-13-14(4-2)10-11/h9-10,12,15H,3-8H2,1-2H3. The molecule has 1 heterocycles. The summed E-state index contributed by atoms with van der Waals surface area (Å²) in [7, 11) is 0. The zero-order chi connectivity index (χ0) is 11.1. The highest BCUT2D eigenvalue weighted by atomic mass is 16.3. The number of unbranched alkanes of at least 4 members (excludes halogenated alkanes) is 3. The normalized spacial score (nSPS) is 13.0. The van der Waals surface area contributed by atoms with Crippen LogP contribution in [0.2, 0.25) is 0 Å². The van der Waals surface area contributed by atoms with Crippen molar-refractivity contribution in [2.24, 2.45) is 0 Å². The van der Waals surface area contributed by atoms with E-state index in [2.05, 4.69) is 12.0 Å². The molecule has 1 aromatic heterocycles. The average Bonchev–Trinajstić information content (AvgIpc) is 2.72. The van der Waals surface area contributed by atoms with Crippen LogP contribution in [0.5, 0.6) is 0 Å². The lowest BCUT2D eigenvalue weighted by Gasteiger charge is -2.07. The predicted molar refractivity (Wildman–Crippen MR) is 61.6 cm³/mol. The molecule has 0 amide bonds. The molecule has 0 saturated heterocycles. The van der Waals surface area contributed by atoms with Gasteiger partial charge in [-0.25, -0.2) is 0 Å². The lowest BCUT2D eigenvalue weighted by Crippen LogP contribution is -1.96. The Bertz CT molecular complexity index is 270. The largest absolute Gasteiger partial charge is 0.388 e. The molecular weight excluding hydrogens is 188 g/mol. The van der Waals surface area contributed by atoms with Crippen LogP contribution < -0.4 is 0 Å². The van der Waals surface area contributed by atoms with Gasteiger partial charge in [-0.15, -0.1) is 0 Å². The van der Waals surface area contributed by atoms with Gasteiger partial charge in [0.15, 0.2) is 0 Å². The van der Waals surface area contributed by atoms with E-state index in [1.807, 2.05) is 17.8 Å². The summed E-state index contributed by atoms with van der Waals surface area (Å²) in [6.07, 6.45) is 9.06. The Balaban J connectivity index is 2.29. The Morgan fingerprint density at radius 3 is 2.73 bits per heavy atom. The minimum Gasteiger partial charge on any atom is -0.388 e. The van der Waals surface area contributed by atoms with Gasteiger partial charge in [0.2, 0.25) is 0 Å². The average molecular weight is 210 g/mol. The molecule has 0 bridgehead atoms. The van der Waals surface area contributed by atoms with E-state index in [9.17, 15) is 5.11 Å². The molecule has 0 aliphatic heterocycles. The van der Waals surface area contributed by atoms with Crippen molar-refractivity contribution in [1.29, 1.82) is 0 Å². The van der Waals surface area contributed by atoms with Crippen molar-refractivity contribution in [3.05, 3.63) is 18.0 Å². The fourth-order valence-corrected chi connectivity index (χ4v) is 1.66. The van der Waals surface area contributed by atoms with Gasteiger partial charge in [-0.2, -0.15) is 5.10 Å². The van der Waals surface area contributed by atoms with Crippen LogP contribution in [0.4, 0.5) is 0 Å². The molecule has 86 valence electrons. The monoisotopic (exact) mass is 210 g/mol. The van der Waals surface area contributed by atoms with Crippen molar-refractivity contribution in [1.82, 2.24) is 9.78 Å². The molecule has 0 radical (unpaired) electrons. The fraction of sp³-hybridized carbons (Fsp3) is 0.750. The second-order valence-corrected chi connectivity index (χ2v) is 3.99. The third-order valence-electron chi connectivity index (χ3n) is 2.69. The third kappa shape index (κ3) is 4.04. The van der Waals surface area contributed by atoms with Crippen LogP contribution in [0.1, 0.15) is 57.6 Å². The number of aliphatic hydroxyl groups excluding tert-OH is 1. The Kier molecular flexibility index (Phi) is 5.40. The molecule has 1 unspecified atom stereocenters. The molecule has 3 nitrogen and oxygen atoms in total. The van der Waals surface area contributed by atoms with Crippen molar-refractivity contribution in [2.45, 2.75) is 58.6 Å². The third-order valence-corrected chi connectivity index (χ3v) is 2.69. The molecule has 0 spiro atoms. The Morgan fingerprint density at radius 2 is 2.13 bits per heavy atom. The van der Waals surface area contributed by atoms with Crippen LogP contribution >= 0.6 is 0 Å². The van der Waals surface area contributed by atoms with Gasteiger partial charge in [-0.05, 0) is 13.3 Å². The van der Waals surface area contributed by atoms with Crippen LogP contribution in [-0.2, 0) is 6.54 Å². The summed E-state index contributed by atoms with van der Waals surface area (Å²) in [6, 6.07) is 0. The van der Waals surface area contributed by atoms with E-state index in [1.165, 1.54) is 19.3 Å². The number of rotatable bonds is 7. The summed E-state index contributed by atoms with van der Waals surface area (Å²) in [5, 5.41) is 14.0. The van der Waals surface area contributed by atoms with E-state index < -0.39 is 0 Å². The van der Waals surface area contributed by atoms with E-state index in [1.54, 1.807) is 6.20 Å². The lowest BCUT2D eigenvalue weighted by atomic mass is 10.1. The molecule has 0 aliphatic carbocycles. The zero-order valence-corrected chi connectivity index (χ0v) is 9.82. The molecule has 1 N–H and O–H groups in total. The SMILES string of the molecule is CCCCCCC(O)c1cnn(CC)c1. The number of aryl methyl sites for hydroxylation is 1. The summed E-state index contributed by atoms with van der Waals surface area (Å²) in [4.78, 5) is 0. The van der Waals surface area contributed by atoms with E-state index in [0.717, 1.165) is 24.9 Å². The Labute approximate surface area is 92.1 Å². The van der Waals surface area contributed by atoms with Gasteiger partial charge in [0.1, 0.15) is 0 Å².